The van der Waals surface area contributed by atoms with Gasteiger partial charge in [0.1, 0.15) is 11.6 Å². The Kier molecular flexibility index (Phi) is 2.92. The van der Waals surface area contributed by atoms with Crippen molar-refractivity contribution in [2.45, 2.75) is 0 Å². The number of nitrogens with two attached hydrogens (primary N) is 1. The number of nitrogen functional groups attached to an aromatic ring is 1. The predicted octanol–water partition coefficient (Wildman–Crippen LogP) is 3.98. The zero-order valence-electron chi connectivity index (χ0n) is 8.18. The van der Waals surface area contributed by atoms with Crippen LogP contribution in [-0.2, 0) is 0 Å². The van der Waals surface area contributed by atoms with Gasteiger partial charge >= 0.3 is 0 Å². The quantitative estimate of drug-likeness (QED) is 0.622. The Bertz CT molecular complexity index is 541. The van der Waals surface area contributed by atoms with E-state index in [0.717, 1.165) is 0 Å². The molecule has 4 heteroatoms. The van der Waals surface area contributed by atoms with Gasteiger partial charge in [-0.25, -0.2) is 8.78 Å². The van der Waals surface area contributed by atoms with E-state index in [1.807, 2.05) is 0 Å². The fraction of sp³-hybridized carbons (Fsp3) is 0. The molecule has 2 aromatic rings. The van der Waals surface area contributed by atoms with Crippen molar-refractivity contribution < 1.29 is 8.78 Å². The Labute approximate surface area is 100 Å². The van der Waals surface area contributed by atoms with Crippen molar-refractivity contribution in [3.63, 3.8) is 0 Å². The summed E-state index contributed by atoms with van der Waals surface area (Å²) < 4.78 is 27.5. The summed E-state index contributed by atoms with van der Waals surface area (Å²) in [6.45, 7) is 0. The van der Waals surface area contributed by atoms with E-state index in [2.05, 4.69) is 15.9 Å². The van der Waals surface area contributed by atoms with Crippen molar-refractivity contribution in [1.82, 2.24) is 0 Å². The van der Waals surface area contributed by atoms with E-state index in [9.17, 15) is 8.78 Å². The Morgan fingerprint density at radius 3 is 2.50 bits per heavy atom. The summed E-state index contributed by atoms with van der Waals surface area (Å²) in [5.74, 6) is -1.23. The third kappa shape index (κ3) is 1.93. The first-order valence-corrected chi connectivity index (χ1v) is 5.38. The first-order chi connectivity index (χ1) is 7.59. The molecule has 0 aliphatic heterocycles. The average Bonchev–Trinajstić information content (AvgIpc) is 2.24. The predicted molar refractivity (Wildman–Crippen MR) is 63.9 cm³/mol. The highest BCUT2D eigenvalue weighted by atomic mass is 79.9. The van der Waals surface area contributed by atoms with Crippen LogP contribution in [0.15, 0.2) is 40.9 Å². The van der Waals surface area contributed by atoms with Gasteiger partial charge in [-0.2, -0.15) is 0 Å². The van der Waals surface area contributed by atoms with Gasteiger partial charge in [0, 0.05) is 5.69 Å². The van der Waals surface area contributed by atoms with E-state index in [1.54, 1.807) is 18.2 Å². The SMILES string of the molecule is Nc1cccc(-c2c(F)ccc(Br)c2F)c1. The summed E-state index contributed by atoms with van der Waals surface area (Å²) in [5.41, 5.74) is 6.41. The lowest BCUT2D eigenvalue weighted by Crippen LogP contribution is -1.92. The van der Waals surface area contributed by atoms with Gasteiger partial charge in [0.2, 0.25) is 0 Å². The molecular formula is C12H8BrF2N. The smallest absolute Gasteiger partial charge is 0.148 e. The number of anilines is 1. The molecule has 0 saturated carbocycles. The van der Waals surface area contributed by atoms with Crippen LogP contribution in [0.5, 0.6) is 0 Å². The highest BCUT2D eigenvalue weighted by molar-refractivity contribution is 9.10. The van der Waals surface area contributed by atoms with Gasteiger partial charge in [-0.15, -0.1) is 0 Å². The minimum absolute atomic E-state index is 0.0679. The topological polar surface area (TPSA) is 26.0 Å². The Morgan fingerprint density at radius 1 is 1.06 bits per heavy atom. The standard InChI is InChI=1S/C12H8BrF2N/c13-9-4-5-10(14)11(12(9)15)7-2-1-3-8(16)6-7/h1-6H,16H2. The van der Waals surface area contributed by atoms with Crippen LogP contribution in [0.25, 0.3) is 11.1 Å². The molecule has 0 atom stereocenters. The first-order valence-electron chi connectivity index (χ1n) is 4.59. The Balaban J connectivity index is 2.68. The van der Waals surface area contributed by atoms with Crippen molar-refractivity contribution in [2.75, 3.05) is 5.73 Å². The van der Waals surface area contributed by atoms with Crippen molar-refractivity contribution in [3.05, 3.63) is 52.5 Å². The van der Waals surface area contributed by atoms with Gasteiger partial charge in [0.05, 0.1) is 10.0 Å². The first kappa shape index (κ1) is 11.1. The largest absolute Gasteiger partial charge is 0.399 e. The third-order valence-electron chi connectivity index (χ3n) is 2.22. The van der Waals surface area contributed by atoms with Crippen LogP contribution in [0.3, 0.4) is 0 Å². The minimum atomic E-state index is -0.620. The monoisotopic (exact) mass is 283 g/mol. The fourth-order valence-corrected chi connectivity index (χ4v) is 1.82. The molecule has 0 amide bonds. The summed E-state index contributed by atoms with van der Waals surface area (Å²) in [5, 5.41) is 0. The lowest BCUT2D eigenvalue weighted by molar-refractivity contribution is 0.585. The molecule has 0 aromatic heterocycles. The van der Waals surface area contributed by atoms with Crippen molar-refractivity contribution in [3.8, 4) is 11.1 Å². The maximum atomic E-state index is 13.8. The van der Waals surface area contributed by atoms with Gasteiger partial charge in [0.15, 0.2) is 0 Å². The van der Waals surface area contributed by atoms with E-state index in [4.69, 9.17) is 5.73 Å². The minimum Gasteiger partial charge on any atom is -0.399 e. The van der Waals surface area contributed by atoms with Gasteiger partial charge in [-0.1, -0.05) is 12.1 Å². The van der Waals surface area contributed by atoms with Crippen LogP contribution in [0.2, 0.25) is 0 Å². The lowest BCUT2D eigenvalue weighted by atomic mass is 10.0. The van der Waals surface area contributed by atoms with E-state index in [0.29, 0.717) is 11.3 Å². The number of hydrogen-bond acceptors (Lipinski definition) is 1. The van der Waals surface area contributed by atoms with Crippen LogP contribution in [0.4, 0.5) is 14.5 Å². The van der Waals surface area contributed by atoms with Crippen LogP contribution in [-0.4, -0.2) is 0 Å². The van der Waals surface area contributed by atoms with E-state index < -0.39 is 11.6 Å². The molecular weight excluding hydrogens is 276 g/mol. The molecule has 2 rings (SSSR count). The van der Waals surface area contributed by atoms with Crippen LogP contribution >= 0.6 is 15.9 Å². The number of rotatable bonds is 1. The summed E-state index contributed by atoms with van der Waals surface area (Å²) >= 11 is 3.02. The Morgan fingerprint density at radius 2 is 1.81 bits per heavy atom. The molecule has 82 valence electrons. The van der Waals surface area contributed by atoms with Gasteiger partial charge in [-0.05, 0) is 45.8 Å². The summed E-state index contributed by atoms with van der Waals surface area (Å²) in [4.78, 5) is 0. The molecule has 0 fully saturated rings. The zero-order valence-corrected chi connectivity index (χ0v) is 9.76. The molecule has 2 aromatic carbocycles. The second-order valence-electron chi connectivity index (χ2n) is 3.34. The highest BCUT2D eigenvalue weighted by Gasteiger charge is 2.14. The molecule has 2 N–H and O–H groups in total. The second-order valence-corrected chi connectivity index (χ2v) is 4.20. The normalized spacial score (nSPS) is 10.4. The third-order valence-corrected chi connectivity index (χ3v) is 2.83. The molecule has 0 aliphatic carbocycles. The van der Waals surface area contributed by atoms with Crippen LogP contribution < -0.4 is 5.73 Å². The van der Waals surface area contributed by atoms with E-state index in [-0.39, 0.29) is 10.0 Å². The second kappa shape index (κ2) is 4.22. The molecule has 1 nitrogen and oxygen atoms in total. The number of benzene rings is 2. The van der Waals surface area contributed by atoms with Gasteiger partial charge in [-0.3, -0.25) is 0 Å². The van der Waals surface area contributed by atoms with Crippen molar-refractivity contribution >= 4 is 21.6 Å². The zero-order chi connectivity index (χ0) is 11.7. The van der Waals surface area contributed by atoms with Crippen molar-refractivity contribution in [2.24, 2.45) is 0 Å². The maximum Gasteiger partial charge on any atom is 0.148 e. The maximum absolute atomic E-state index is 13.8. The molecule has 0 bridgehead atoms. The fourth-order valence-electron chi connectivity index (χ4n) is 1.49. The summed E-state index contributed by atoms with van der Waals surface area (Å²) in [6.07, 6.45) is 0. The van der Waals surface area contributed by atoms with Crippen molar-refractivity contribution in [1.29, 1.82) is 0 Å². The molecule has 0 saturated heterocycles. The lowest BCUT2D eigenvalue weighted by Gasteiger charge is -2.07. The molecule has 0 heterocycles. The molecule has 0 spiro atoms. The summed E-state index contributed by atoms with van der Waals surface area (Å²) in [7, 11) is 0. The van der Waals surface area contributed by atoms with Crippen LogP contribution in [0, 0.1) is 11.6 Å². The van der Waals surface area contributed by atoms with E-state index in [1.165, 1.54) is 18.2 Å². The molecule has 16 heavy (non-hydrogen) atoms. The summed E-state index contributed by atoms with van der Waals surface area (Å²) in [6, 6.07) is 9.02. The number of halogens is 3. The number of hydrogen-bond donors (Lipinski definition) is 1. The average molecular weight is 284 g/mol. The molecule has 0 unspecified atom stereocenters. The van der Waals surface area contributed by atoms with Crippen LogP contribution in [0.1, 0.15) is 0 Å². The molecule has 0 aliphatic rings. The Hall–Kier alpha value is -1.42. The van der Waals surface area contributed by atoms with Gasteiger partial charge in [0.25, 0.3) is 0 Å². The van der Waals surface area contributed by atoms with E-state index >= 15 is 0 Å². The molecule has 0 radical (unpaired) electrons. The van der Waals surface area contributed by atoms with Gasteiger partial charge < -0.3 is 5.73 Å². The highest BCUT2D eigenvalue weighted by Crippen LogP contribution is 2.31.